The van der Waals surface area contributed by atoms with Crippen LogP contribution in [0.3, 0.4) is 0 Å². The Hall–Kier alpha value is -2.96. The number of fused-ring (bicyclic) bond motifs is 1. The van der Waals surface area contributed by atoms with Crippen LogP contribution in [-0.4, -0.2) is 42.0 Å². The number of hydrogen-bond donors (Lipinski definition) is 0. The third kappa shape index (κ3) is 4.01. The summed E-state index contributed by atoms with van der Waals surface area (Å²) >= 11 is 7.69. The van der Waals surface area contributed by atoms with E-state index >= 15 is 0 Å². The molecule has 0 aliphatic carbocycles. The molecular weight excluding hydrogens is 433 g/mol. The van der Waals surface area contributed by atoms with Gasteiger partial charge in [0.1, 0.15) is 5.82 Å². The fourth-order valence-electron chi connectivity index (χ4n) is 3.94. The molecule has 1 aliphatic heterocycles. The smallest absolute Gasteiger partial charge is 0.254 e. The maximum atomic E-state index is 14.0. The number of nitrogens with zero attached hydrogens (tertiary/aromatic N) is 3. The monoisotopic (exact) mass is 451 g/mol. The van der Waals surface area contributed by atoms with Gasteiger partial charge in [0.05, 0.1) is 21.7 Å². The van der Waals surface area contributed by atoms with Gasteiger partial charge in [0.15, 0.2) is 0 Å². The second kappa shape index (κ2) is 8.29. The summed E-state index contributed by atoms with van der Waals surface area (Å²) in [7, 11) is 0. The molecule has 2 aromatic heterocycles. The number of aromatic nitrogens is 1. The van der Waals surface area contributed by atoms with Crippen molar-refractivity contribution in [1.29, 1.82) is 0 Å². The van der Waals surface area contributed by atoms with E-state index in [1.54, 1.807) is 23.5 Å². The van der Waals surface area contributed by atoms with Gasteiger partial charge in [-0.1, -0.05) is 23.7 Å². The van der Waals surface area contributed by atoms with Crippen molar-refractivity contribution >= 4 is 45.4 Å². The molecule has 0 saturated carbocycles. The van der Waals surface area contributed by atoms with E-state index in [4.69, 9.17) is 11.6 Å². The van der Waals surface area contributed by atoms with Crippen molar-refractivity contribution in [1.82, 2.24) is 9.88 Å². The molecule has 4 nitrogen and oxygen atoms in total. The summed E-state index contributed by atoms with van der Waals surface area (Å²) in [6, 6.07) is 17.9. The Kier molecular flexibility index (Phi) is 5.34. The fourth-order valence-corrected chi connectivity index (χ4v) is 4.81. The summed E-state index contributed by atoms with van der Waals surface area (Å²) in [5.41, 5.74) is 2.89. The highest BCUT2D eigenvalue weighted by atomic mass is 35.5. The van der Waals surface area contributed by atoms with Gasteiger partial charge >= 0.3 is 0 Å². The lowest BCUT2D eigenvalue weighted by atomic mass is 10.0. The Balaban J connectivity index is 1.45. The van der Waals surface area contributed by atoms with Gasteiger partial charge in [-0.3, -0.25) is 4.79 Å². The number of halogens is 2. The number of carbonyl (C=O) groups is 1. The van der Waals surface area contributed by atoms with E-state index in [0.717, 1.165) is 16.3 Å². The average molecular weight is 452 g/mol. The standard InChI is InChI=1S/C24H19ClFN3OS/c25-16-3-1-4-18(13-16)28-8-10-29(11-9-28)24(30)20-15-22(23-5-2-12-31-23)27-21-7-6-17(26)14-19(20)21/h1-7,12-15H,8-11H2. The number of benzene rings is 2. The van der Waals surface area contributed by atoms with Gasteiger partial charge in [-0.25, -0.2) is 9.37 Å². The SMILES string of the molecule is O=C(c1cc(-c2cccs2)nc2ccc(F)cc12)N1CCN(c2cccc(Cl)c2)CC1. The number of hydrogen-bond acceptors (Lipinski definition) is 4. The van der Waals surface area contributed by atoms with E-state index in [-0.39, 0.29) is 11.7 Å². The number of carbonyl (C=O) groups excluding carboxylic acids is 1. The first-order valence-electron chi connectivity index (χ1n) is 10.0. The zero-order valence-electron chi connectivity index (χ0n) is 16.6. The third-order valence-electron chi connectivity index (χ3n) is 5.51. The maximum Gasteiger partial charge on any atom is 0.254 e. The van der Waals surface area contributed by atoms with Crippen molar-refractivity contribution in [2.45, 2.75) is 0 Å². The van der Waals surface area contributed by atoms with Gasteiger partial charge in [0.25, 0.3) is 5.91 Å². The van der Waals surface area contributed by atoms with E-state index in [1.807, 2.05) is 46.7 Å². The molecule has 0 N–H and O–H groups in total. The Morgan fingerprint density at radius 3 is 2.58 bits per heavy atom. The van der Waals surface area contributed by atoms with Crippen LogP contribution in [-0.2, 0) is 0 Å². The first-order chi connectivity index (χ1) is 15.1. The van der Waals surface area contributed by atoms with Crippen molar-refractivity contribution in [2.75, 3.05) is 31.1 Å². The number of amides is 1. The predicted molar refractivity (Wildman–Crippen MR) is 125 cm³/mol. The highest BCUT2D eigenvalue weighted by Gasteiger charge is 2.25. The normalized spacial score (nSPS) is 14.3. The average Bonchev–Trinajstić information content (AvgIpc) is 3.33. The maximum absolute atomic E-state index is 14.0. The molecule has 1 fully saturated rings. The summed E-state index contributed by atoms with van der Waals surface area (Å²) in [5.74, 6) is -0.473. The molecule has 0 atom stereocenters. The molecule has 2 aromatic carbocycles. The molecular formula is C24H19ClFN3OS. The number of thiophene rings is 1. The van der Waals surface area contributed by atoms with Crippen molar-refractivity contribution < 1.29 is 9.18 Å². The number of rotatable bonds is 3. The van der Waals surface area contributed by atoms with Crippen LogP contribution in [0.15, 0.2) is 66.0 Å². The van der Waals surface area contributed by atoms with E-state index in [2.05, 4.69) is 9.88 Å². The van der Waals surface area contributed by atoms with Gasteiger partial charge in [0.2, 0.25) is 0 Å². The van der Waals surface area contributed by atoms with Crippen LogP contribution in [0.4, 0.5) is 10.1 Å². The van der Waals surface area contributed by atoms with Crippen molar-refractivity contribution in [3.05, 3.63) is 82.4 Å². The first kappa shape index (κ1) is 20.0. The zero-order valence-corrected chi connectivity index (χ0v) is 18.2. The molecule has 4 aromatic rings. The van der Waals surface area contributed by atoms with Crippen molar-refractivity contribution in [2.24, 2.45) is 0 Å². The topological polar surface area (TPSA) is 36.4 Å². The van der Waals surface area contributed by atoms with Crippen molar-refractivity contribution in [3.8, 4) is 10.6 Å². The molecule has 1 saturated heterocycles. The van der Waals surface area contributed by atoms with Gasteiger partial charge in [-0.15, -0.1) is 11.3 Å². The lowest BCUT2D eigenvalue weighted by Gasteiger charge is -2.36. The number of pyridine rings is 1. The minimum atomic E-state index is -0.377. The highest BCUT2D eigenvalue weighted by molar-refractivity contribution is 7.13. The molecule has 1 amide bonds. The Morgan fingerprint density at radius 2 is 1.84 bits per heavy atom. The van der Waals surface area contributed by atoms with E-state index in [1.165, 1.54) is 12.1 Å². The fraction of sp³-hybridized carbons (Fsp3) is 0.167. The second-order valence-corrected chi connectivity index (χ2v) is 8.84. The van der Waals surface area contributed by atoms with Crippen LogP contribution in [0.2, 0.25) is 5.02 Å². The minimum absolute atomic E-state index is 0.0958. The molecule has 156 valence electrons. The quantitative estimate of drug-likeness (QED) is 0.400. The Morgan fingerprint density at radius 1 is 1.00 bits per heavy atom. The lowest BCUT2D eigenvalue weighted by Crippen LogP contribution is -2.48. The van der Waals surface area contributed by atoms with Gasteiger partial charge in [-0.05, 0) is 53.9 Å². The van der Waals surface area contributed by atoms with Gasteiger partial charge in [-0.2, -0.15) is 0 Å². The second-order valence-electron chi connectivity index (χ2n) is 7.45. The largest absolute Gasteiger partial charge is 0.368 e. The summed E-state index contributed by atoms with van der Waals surface area (Å²) in [6.07, 6.45) is 0. The van der Waals surface area contributed by atoms with Crippen LogP contribution in [0.1, 0.15) is 10.4 Å². The number of piperazine rings is 1. The molecule has 0 spiro atoms. The van der Waals surface area contributed by atoms with Crippen LogP contribution >= 0.6 is 22.9 Å². The molecule has 1 aliphatic rings. The predicted octanol–water partition coefficient (Wildman–Crippen LogP) is 5.72. The first-order valence-corrected chi connectivity index (χ1v) is 11.3. The molecule has 0 unspecified atom stereocenters. The summed E-state index contributed by atoms with van der Waals surface area (Å²) in [6.45, 7) is 2.58. The molecule has 0 radical (unpaired) electrons. The van der Waals surface area contributed by atoms with Crippen LogP contribution < -0.4 is 4.90 Å². The Bertz CT molecular complexity index is 1250. The highest BCUT2D eigenvalue weighted by Crippen LogP contribution is 2.29. The summed E-state index contributed by atoms with van der Waals surface area (Å²) in [5, 5.41) is 3.22. The van der Waals surface area contributed by atoms with Crippen molar-refractivity contribution in [3.63, 3.8) is 0 Å². The molecule has 7 heteroatoms. The Labute approximate surface area is 188 Å². The molecule has 3 heterocycles. The van der Waals surface area contributed by atoms with Crippen LogP contribution in [0.25, 0.3) is 21.5 Å². The van der Waals surface area contributed by atoms with Crippen LogP contribution in [0.5, 0.6) is 0 Å². The number of anilines is 1. The lowest BCUT2D eigenvalue weighted by molar-refractivity contribution is 0.0748. The van der Waals surface area contributed by atoms with E-state index in [9.17, 15) is 9.18 Å². The summed E-state index contributed by atoms with van der Waals surface area (Å²) in [4.78, 5) is 23.2. The van der Waals surface area contributed by atoms with E-state index in [0.29, 0.717) is 47.7 Å². The molecule has 5 rings (SSSR count). The van der Waals surface area contributed by atoms with Crippen LogP contribution in [0, 0.1) is 5.82 Å². The summed E-state index contributed by atoms with van der Waals surface area (Å²) < 4.78 is 14.0. The molecule has 0 bridgehead atoms. The zero-order chi connectivity index (χ0) is 21.4. The minimum Gasteiger partial charge on any atom is -0.368 e. The van der Waals surface area contributed by atoms with E-state index < -0.39 is 0 Å². The molecule has 31 heavy (non-hydrogen) atoms. The van der Waals surface area contributed by atoms with Gasteiger partial charge < -0.3 is 9.80 Å². The third-order valence-corrected chi connectivity index (χ3v) is 6.64. The van der Waals surface area contributed by atoms with Gasteiger partial charge in [0, 0.05) is 42.3 Å².